The van der Waals surface area contributed by atoms with E-state index in [0.717, 1.165) is 15.4 Å². The third kappa shape index (κ3) is 2.61. The van der Waals surface area contributed by atoms with E-state index in [0.29, 0.717) is 0 Å². The molecule has 1 aromatic carbocycles. The minimum Gasteiger partial charge on any atom is -0.263 e. The number of amides is 4. The van der Waals surface area contributed by atoms with Gasteiger partial charge in [0.1, 0.15) is 0 Å². The average molecular weight is 272 g/mol. The summed E-state index contributed by atoms with van der Waals surface area (Å²) in [6.45, 7) is 3.50. The first-order chi connectivity index (χ1) is 9.52. The van der Waals surface area contributed by atoms with Crippen LogP contribution in [-0.4, -0.2) is 40.2 Å². The Morgan fingerprint density at radius 3 is 2.25 bits per heavy atom. The number of urea groups is 1. The molecule has 0 spiro atoms. The van der Waals surface area contributed by atoms with E-state index in [1.807, 2.05) is 36.4 Å². The molecule has 20 heavy (non-hydrogen) atoms. The summed E-state index contributed by atoms with van der Waals surface area (Å²) >= 11 is 0. The third-order valence-electron chi connectivity index (χ3n) is 3.00. The van der Waals surface area contributed by atoms with Gasteiger partial charge in [-0.25, -0.2) is 4.79 Å². The zero-order valence-corrected chi connectivity index (χ0v) is 11.4. The molecule has 4 amide bonds. The molecule has 0 bridgehead atoms. The van der Waals surface area contributed by atoms with E-state index in [9.17, 15) is 14.4 Å². The molecule has 1 fully saturated rings. The Morgan fingerprint density at radius 2 is 1.70 bits per heavy atom. The van der Waals surface area contributed by atoms with Gasteiger partial charge in [-0.3, -0.25) is 19.4 Å². The molecule has 1 saturated heterocycles. The molecule has 2 rings (SSSR count). The van der Waals surface area contributed by atoms with Crippen molar-refractivity contribution in [2.24, 2.45) is 0 Å². The molecule has 0 aliphatic carbocycles. The van der Waals surface area contributed by atoms with Crippen molar-refractivity contribution in [1.29, 1.82) is 0 Å². The van der Waals surface area contributed by atoms with Crippen molar-refractivity contribution in [3.05, 3.63) is 42.0 Å². The molecular formula is C15H16N2O3. The van der Waals surface area contributed by atoms with Crippen molar-refractivity contribution in [2.45, 2.75) is 19.9 Å². The second kappa shape index (κ2) is 5.69. The number of benzene rings is 1. The monoisotopic (exact) mass is 272 g/mol. The molecule has 0 atom stereocenters. The molecule has 0 unspecified atom stereocenters. The highest BCUT2D eigenvalue weighted by Crippen LogP contribution is 2.15. The van der Waals surface area contributed by atoms with E-state index in [4.69, 9.17) is 0 Å². The van der Waals surface area contributed by atoms with Gasteiger partial charge >= 0.3 is 17.8 Å². The van der Waals surface area contributed by atoms with Crippen molar-refractivity contribution in [3.8, 4) is 0 Å². The van der Waals surface area contributed by atoms with E-state index in [-0.39, 0.29) is 12.6 Å². The summed E-state index contributed by atoms with van der Waals surface area (Å²) in [4.78, 5) is 37.4. The lowest BCUT2D eigenvalue weighted by Gasteiger charge is -2.17. The highest BCUT2D eigenvalue weighted by atomic mass is 16.2. The topological polar surface area (TPSA) is 57.7 Å². The second-order valence-electron chi connectivity index (χ2n) is 4.78. The molecule has 1 aliphatic rings. The molecule has 0 N–H and O–H groups in total. The van der Waals surface area contributed by atoms with Crippen LogP contribution in [0.2, 0.25) is 0 Å². The van der Waals surface area contributed by atoms with Gasteiger partial charge in [-0.1, -0.05) is 42.5 Å². The first-order valence-corrected chi connectivity index (χ1v) is 6.43. The number of carbonyl (C=O) groups excluding carboxylic acids is 3. The quantitative estimate of drug-likeness (QED) is 0.621. The van der Waals surface area contributed by atoms with Crippen LogP contribution in [0.3, 0.4) is 0 Å². The van der Waals surface area contributed by atoms with Crippen LogP contribution in [-0.2, 0) is 9.59 Å². The maximum atomic E-state index is 12.0. The lowest BCUT2D eigenvalue weighted by atomic mass is 10.2. The fourth-order valence-corrected chi connectivity index (χ4v) is 2.00. The number of rotatable bonds is 4. The molecule has 5 nitrogen and oxygen atoms in total. The Hall–Kier alpha value is -2.43. The number of nitrogens with zero attached hydrogens (tertiary/aromatic N) is 2. The Balaban J connectivity index is 2.07. The summed E-state index contributed by atoms with van der Waals surface area (Å²) in [5.74, 6) is -1.51. The fraction of sp³-hybridized carbons (Fsp3) is 0.267. The zero-order valence-electron chi connectivity index (χ0n) is 11.4. The van der Waals surface area contributed by atoms with Crippen molar-refractivity contribution in [2.75, 3.05) is 6.54 Å². The summed E-state index contributed by atoms with van der Waals surface area (Å²) in [5, 5.41) is 0. The van der Waals surface area contributed by atoms with Crippen LogP contribution < -0.4 is 0 Å². The van der Waals surface area contributed by atoms with Crippen molar-refractivity contribution in [1.82, 2.24) is 9.80 Å². The second-order valence-corrected chi connectivity index (χ2v) is 4.78. The fourth-order valence-electron chi connectivity index (χ4n) is 2.00. The van der Waals surface area contributed by atoms with Crippen LogP contribution in [0.5, 0.6) is 0 Å². The molecule has 5 heteroatoms. The lowest BCUT2D eigenvalue weighted by molar-refractivity contribution is -0.143. The smallest absolute Gasteiger partial charge is 0.263 e. The van der Waals surface area contributed by atoms with Gasteiger partial charge in [0.25, 0.3) is 0 Å². The zero-order chi connectivity index (χ0) is 14.7. The van der Waals surface area contributed by atoms with Crippen LogP contribution in [0.25, 0.3) is 6.08 Å². The highest BCUT2D eigenvalue weighted by molar-refractivity contribution is 6.44. The Kier molecular flexibility index (Phi) is 3.98. The molecule has 1 aromatic rings. The van der Waals surface area contributed by atoms with Gasteiger partial charge in [-0.2, -0.15) is 0 Å². The molecule has 104 valence electrons. The summed E-state index contributed by atoms with van der Waals surface area (Å²) in [7, 11) is 0. The van der Waals surface area contributed by atoms with Gasteiger partial charge < -0.3 is 0 Å². The van der Waals surface area contributed by atoms with Crippen LogP contribution >= 0.6 is 0 Å². The normalized spacial score (nSPS) is 16.1. The summed E-state index contributed by atoms with van der Waals surface area (Å²) < 4.78 is 0. The average Bonchev–Trinajstić information content (AvgIpc) is 2.63. The molecule has 1 aliphatic heterocycles. The standard InChI is InChI=1S/C15H16N2O3/c1-11(2)17-14(19)13(18)16(15(17)20)10-6-9-12-7-4-3-5-8-12/h3-9,11H,10H2,1-2H3. The summed E-state index contributed by atoms with van der Waals surface area (Å²) in [6, 6.07) is 8.66. The van der Waals surface area contributed by atoms with Gasteiger partial charge in [0, 0.05) is 12.6 Å². The van der Waals surface area contributed by atoms with Crippen LogP contribution in [0.1, 0.15) is 19.4 Å². The Morgan fingerprint density at radius 1 is 1.05 bits per heavy atom. The molecule has 0 saturated carbocycles. The van der Waals surface area contributed by atoms with Crippen molar-refractivity contribution < 1.29 is 14.4 Å². The van der Waals surface area contributed by atoms with Crippen molar-refractivity contribution in [3.63, 3.8) is 0 Å². The Labute approximate surface area is 117 Å². The van der Waals surface area contributed by atoms with E-state index in [2.05, 4.69) is 0 Å². The van der Waals surface area contributed by atoms with Gasteiger partial charge in [0.15, 0.2) is 0 Å². The summed E-state index contributed by atoms with van der Waals surface area (Å²) in [6.07, 6.45) is 3.51. The minimum atomic E-state index is -0.763. The van der Waals surface area contributed by atoms with E-state index >= 15 is 0 Å². The lowest BCUT2D eigenvalue weighted by Crippen LogP contribution is -2.38. The summed E-state index contributed by atoms with van der Waals surface area (Å²) in [5.41, 5.74) is 0.971. The predicted octanol–water partition coefficient (Wildman–Crippen LogP) is 1.90. The van der Waals surface area contributed by atoms with Crippen LogP contribution in [0.4, 0.5) is 4.79 Å². The maximum absolute atomic E-state index is 12.0. The van der Waals surface area contributed by atoms with E-state index in [1.165, 1.54) is 0 Å². The first-order valence-electron chi connectivity index (χ1n) is 6.43. The number of hydrogen-bond acceptors (Lipinski definition) is 3. The molecule has 0 radical (unpaired) electrons. The molecule has 0 aromatic heterocycles. The van der Waals surface area contributed by atoms with Gasteiger partial charge in [-0.05, 0) is 19.4 Å². The number of carbonyl (C=O) groups is 3. The number of imide groups is 2. The molecular weight excluding hydrogens is 256 g/mol. The third-order valence-corrected chi connectivity index (χ3v) is 3.00. The molecule has 1 heterocycles. The maximum Gasteiger partial charge on any atom is 0.334 e. The predicted molar refractivity (Wildman–Crippen MR) is 74.6 cm³/mol. The van der Waals surface area contributed by atoms with Gasteiger partial charge in [-0.15, -0.1) is 0 Å². The van der Waals surface area contributed by atoms with Crippen LogP contribution in [0.15, 0.2) is 36.4 Å². The Bertz CT molecular complexity index is 564. The minimum absolute atomic E-state index is 0.0987. The first kappa shape index (κ1) is 14.0. The SMILES string of the molecule is CC(C)N1C(=O)C(=O)N(CC=Cc2ccccc2)C1=O. The highest BCUT2D eigenvalue weighted by Gasteiger charge is 2.44. The van der Waals surface area contributed by atoms with Gasteiger partial charge in [0.2, 0.25) is 0 Å². The van der Waals surface area contributed by atoms with Crippen LogP contribution in [0, 0.1) is 0 Å². The van der Waals surface area contributed by atoms with Gasteiger partial charge in [0.05, 0.1) is 0 Å². The van der Waals surface area contributed by atoms with E-state index < -0.39 is 17.8 Å². The largest absolute Gasteiger partial charge is 0.334 e. The number of hydrogen-bond donors (Lipinski definition) is 0. The van der Waals surface area contributed by atoms with E-state index in [1.54, 1.807) is 19.9 Å². The van der Waals surface area contributed by atoms with Crippen molar-refractivity contribution >= 4 is 23.9 Å².